The summed E-state index contributed by atoms with van der Waals surface area (Å²) in [6.45, 7) is -0.414. The van der Waals surface area contributed by atoms with Crippen LogP contribution in [0.4, 0.5) is 0 Å². The van der Waals surface area contributed by atoms with Gasteiger partial charge < -0.3 is 0 Å². The molecular formula is C40H19BN4S2. The summed E-state index contributed by atoms with van der Waals surface area (Å²) in [4.78, 5) is 3.09. The maximum Gasteiger partial charge on any atom is 0.247 e. The predicted octanol–water partition coefficient (Wildman–Crippen LogP) is 7.62. The lowest BCUT2D eigenvalue weighted by Gasteiger charge is -2.36. The van der Waals surface area contributed by atoms with Crippen LogP contribution in [0.5, 0.6) is 0 Å². The van der Waals surface area contributed by atoms with Gasteiger partial charge in [-0.05, 0) is 45.4 Å². The highest BCUT2D eigenvalue weighted by Gasteiger charge is 2.44. The Morgan fingerprint density at radius 1 is 0.426 bits per heavy atom. The minimum absolute atomic E-state index is 0.414. The molecule has 7 heteroatoms. The lowest BCUT2D eigenvalue weighted by molar-refractivity contribution is 1.25. The molecule has 0 unspecified atom stereocenters. The fourth-order valence-electron chi connectivity index (χ4n) is 6.71. The zero-order chi connectivity index (χ0) is 32.1. The molecule has 0 aliphatic carbocycles. The first-order valence-corrected chi connectivity index (χ1v) is 16.5. The number of nitriles is 4. The molecule has 214 valence electrons. The fourth-order valence-corrected chi connectivity index (χ4v) is 9.36. The van der Waals surface area contributed by atoms with Gasteiger partial charge in [-0.15, -0.1) is 0 Å². The van der Waals surface area contributed by atoms with Crippen LogP contribution in [0.25, 0.3) is 33.4 Å². The molecule has 0 radical (unpaired) electrons. The normalized spacial score (nSPS) is 12.0. The van der Waals surface area contributed by atoms with Gasteiger partial charge in [0.15, 0.2) is 0 Å². The molecule has 0 amide bonds. The first kappa shape index (κ1) is 28.5. The number of nitrogens with zero attached hydrogens (tertiary/aromatic N) is 4. The van der Waals surface area contributed by atoms with Crippen molar-refractivity contribution in [1.29, 1.82) is 21.0 Å². The maximum atomic E-state index is 10.8. The SMILES string of the molecule is N#Cc1cc(-c2ccccc2)cc2c1Sc1c(C#N)c(-c3ccccc3)c(C#N)c3c1B2c1cc(-c2ccccc2)cc(C#N)c1S3. The lowest BCUT2D eigenvalue weighted by Crippen LogP contribution is -2.59. The van der Waals surface area contributed by atoms with E-state index in [9.17, 15) is 21.0 Å². The van der Waals surface area contributed by atoms with Gasteiger partial charge in [0.2, 0.25) is 6.71 Å². The van der Waals surface area contributed by atoms with Gasteiger partial charge in [0.1, 0.15) is 24.3 Å². The molecule has 4 nitrogen and oxygen atoms in total. The summed E-state index contributed by atoms with van der Waals surface area (Å²) in [5.74, 6) is 0. The summed E-state index contributed by atoms with van der Waals surface area (Å²) < 4.78 is 0. The van der Waals surface area contributed by atoms with E-state index in [4.69, 9.17) is 0 Å². The summed E-state index contributed by atoms with van der Waals surface area (Å²) in [6, 6.07) is 47.4. The van der Waals surface area contributed by atoms with Crippen molar-refractivity contribution in [1.82, 2.24) is 0 Å². The quantitative estimate of drug-likeness (QED) is 0.187. The summed E-state index contributed by atoms with van der Waals surface area (Å²) in [5, 5.41) is 42.6. The number of hydrogen-bond acceptors (Lipinski definition) is 6. The highest BCUT2D eigenvalue weighted by Crippen LogP contribution is 2.48. The van der Waals surface area contributed by atoms with Crippen LogP contribution in [0.15, 0.2) is 135 Å². The average Bonchev–Trinajstić information content (AvgIpc) is 3.14. The van der Waals surface area contributed by atoms with E-state index in [0.29, 0.717) is 27.8 Å². The molecule has 0 saturated carbocycles. The molecule has 2 heterocycles. The van der Waals surface area contributed by atoms with E-state index < -0.39 is 6.71 Å². The van der Waals surface area contributed by atoms with Gasteiger partial charge in [-0.25, -0.2) is 0 Å². The third kappa shape index (κ3) is 4.46. The van der Waals surface area contributed by atoms with E-state index in [1.165, 1.54) is 23.5 Å². The number of benzene rings is 6. The Balaban J connectivity index is 1.52. The molecule has 0 fully saturated rings. The van der Waals surface area contributed by atoms with Gasteiger partial charge in [-0.3, -0.25) is 0 Å². The van der Waals surface area contributed by atoms with E-state index >= 15 is 0 Å². The smallest absolute Gasteiger partial charge is 0.192 e. The Morgan fingerprint density at radius 2 is 0.830 bits per heavy atom. The Kier molecular flexibility index (Phi) is 6.94. The van der Waals surface area contributed by atoms with Crippen LogP contribution in [-0.2, 0) is 0 Å². The zero-order valence-electron chi connectivity index (χ0n) is 24.7. The zero-order valence-corrected chi connectivity index (χ0v) is 26.3. The molecule has 0 aromatic heterocycles. The summed E-state index contributed by atoms with van der Waals surface area (Å²) in [6.07, 6.45) is 0. The monoisotopic (exact) mass is 630 g/mol. The van der Waals surface area contributed by atoms with Crippen molar-refractivity contribution in [2.75, 3.05) is 0 Å². The van der Waals surface area contributed by atoms with Crippen molar-refractivity contribution in [2.45, 2.75) is 19.6 Å². The second-order valence-electron chi connectivity index (χ2n) is 11.3. The van der Waals surface area contributed by atoms with E-state index in [2.05, 4.69) is 36.4 Å². The minimum atomic E-state index is -0.414. The van der Waals surface area contributed by atoms with Gasteiger partial charge in [0, 0.05) is 25.1 Å². The third-order valence-electron chi connectivity index (χ3n) is 8.74. The molecule has 0 atom stereocenters. The van der Waals surface area contributed by atoms with Gasteiger partial charge in [0.25, 0.3) is 0 Å². The molecule has 2 aliphatic rings. The van der Waals surface area contributed by atoms with Crippen molar-refractivity contribution in [2.24, 2.45) is 0 Å². The molecular weight excluding hydrogens is 611 g/mol. The average molecular weight is 631 g/mol. The van der Waals surface area contributed by atoms with Crippen molar-refractivity contribution < 1.29 is 0 Å². The molecule has 0 N–H and O–H groups in total. The number of rotatable bonds is 3. The minimum Gasteiger partial charge on any atom is -0.192 e. The van der Waals surface area contributed by atoms with Crippen LogP contribution in [0.1, 0.15) is 22.3 Å². The molecule has 8 rings (SSSR count). The molecule has 0 bridgehead atoms. The Hall–Kier alpha value is -5.96. The Labute approximate surface area is 281 Å². The van der Waals surface area contributed by atoms with Crippen LogP contribution < -0.4 is 16.4 Å². The van der Waals surface area contributed by atoms with Gasteiger partial charge in [-0.2, -0.15) is 21.0 Å². The molecule has 2 aliphatic heterocycles. The standard InChI is InChI=1S/C40H19BN4S2/c42-20-29-16-27(24-10-4-1-5-11-24)18-33-37(29)46-39-31(22-44)35(26-14-8-3-9-15-26)32(23-45)40-36(39)41(33)34-19-28(25-12-6-2-7-13-25)17-30(21-43)38(34)47-40/h1-19H. The predicted molar refractivity (Wildman–Crippen MR) is 187 cm³/mol. The molecule has 6 aromatic carbocycles. The van der Waals surface area contributed by atoms with E-state index in [0.717, 1.165) is 63.8 Å². The van der Waals surface area contributed by atoms with Crippen molar-refractivity contribution in [3.05, 3.63) is 138 Å². The highest BCUT2D eigenvalue weighted by atomic mass is 32.2. The van der Waals surface area contributed by atoms with Crippen LogP contribution in [0, 0.1) is 45.3 Å². The first-order chi connectivity index (χ1) is 23.1. The van der Waals surface area contributed by atoms with Crippen LogP contribution in [-0.4, -0.2) is 6.71 Å². The third-order valence-corrected chi connectivity index (χ3v) is 11.3. The van der Waals surface area contributed by atoms with Gasteiger partial charge in [-0.1, -0.05) is 138 Å². The summed E-state index contributed by atoms with van der Waals surface area (Å²) >= 11 is 2.87. The lowest BCUT2D eigenvalue weighted by atomic mass is 9.35. The van der Waals surface area contributed by atoms with Crippen LogP contribution in [0.2, 0.25) is 0 Å². The van der Waals surface area contributed by atoms with E-state index in [1.807, 2.05) is 103 Å². The second kappa shape index (κ2) is 11.4. The Morgan fingerprint density at radius 3 is 1.21 bits per heavy atom. The van der Waals surface area contributed by atoms with Crippen LogP contribution >= 0.6 is 23.5 Å². The van der Waals surface area contributed by atoms with Gasteiger partial charge >= 0.3 is 0 Å². The van der Waals surface area contributed by atoms with E-state index in [-0.39, 0.29) is 0 Å². The van der Waals surface area contributed by atoms with Gasteiger partial charge in [0.05, 0.1) is 22.3 Å². The summed E-state index contributed by atoms with van der Waals surface area (Å²) in [7, 11) is 0. The topological polar surface area (TPSA) is 95.2 Å². The molecule has 0 spiro atoms. The van der Waals surface area contributed by atoms with Crippen molar-refractivity contribution in [3.63, 3.8) is 0 Å². The number of fused-ring (bicyclic) bond motifs is 4. The van der Waals surface area contributed by atoms with Crippen LogP contribution in [0.3, 0.4) is 0 Å². The molecule has 6 aromatic rings. The second-order valence-corrected chi connectivity index (χ2v) is 13.3. The summed E-state index contributed by atoms with van der Waals surface area (Å²) in [5.41, 5.74) is 9.77. The first-order valence-electron chi connectivity index (χ1n) is 14.9. The maximum absolute atomic E-state index is 10.8. The highest BCUT2D eigenvalue weighted by molar-refractivity contribution is 8.01. The fraction of sp³-hybridized carbons (Fsp3) is 0. The molecule has 47 heavy (non-hydrogen) atoms. The van der Waals surface area contributed by atoms with Crippen molar-refractivity contribution >= 4 is 46.6 Å². The molecule has 0 saturated heterocycles. The Bertz CT molecular complexity index is 2300. The van der Waals surface area contributed by atoms with Crippen molar-refractivity contribution in [3.8, 4) is 57.7 Å². The van der Waals surface area contributed by atoms with E-state index in [1.54, 1.807) is 0 Å². The number of hydrogen-bond donors (Lipinski definition) is 0. The largest absolute Gasteiger partial charge is 0.247 e.